The van der Waals surface area contributed by atoms with Crippen LogP contribution in [0.3, 0.4) is 0 Å². The first-order valence-corrected chi connectivity index (χ1v) is 6.19. The van der Waals surface area contributed by atoms with Crippen LogP contribution < -0.4 is 0 Å². The average Bonchev–Trinajstić information content (AvgIpc) is 2.01. The van der Waals surface area contributed by atoms with Gasteiger partial charge in [0.2, 0.25) is 0 Å². The van der Waals surface area contributed by atoms with E-state index >= 15 is 0 Å². The van der Waals surface area contributed by atoms with E-state index in [9.17, 15) is 0 Å². The van der Waals surface area contributed by atoms with E-state index in [1.807, 2.05) is 0 Å². The Morgan fingerprint density at radius 1 is 1.07 bits per heavy atom. The van der Waals surface area contributed by atoms with Crippen LogP contribution in [0.5, 0.6) is 0 Å². The van der Waals surface area contributed by atoms with Crippen molar-refractivity contribution in [2.45, 2.75) is 60.8 Å². The maximum Gasteiger partial charge on any atom is -0.0244 e. The first-order chi connectivity index (χ1) is 6.19. The van der Waals surface area contributed by atoms with Gasteiger partial charge in [-0.1, -0.05) is 41.5 Å². The lowest BCUT2D eigenvalue weighted by Gasteiger charge is -2.68. The number of rotatable bonds is 0. The Bertz CT molecular complexity index is 238. The van der Waals surface area contributed by atoms with Crippen molar-refractivity contribution < 1.29 is 0 Å². The molecule has 0 saturated heterocycles. The van der Waals surface area contributed by atoms with Crippen LogP contribution in [0.4, 0.5) is 0 Å². The average molecular weight is 194 g/mol. The summed E-state index contributed by atoms with van der Waals surface area (Å²) in [6.45, 7) is 14.8. The molecule has 2 bridgehead atoms. The molecule has 0 aromatic carbocycles. The number of hydrogen-bond donors (Lipinski definition) is 0. The van der Waals surface area contributed by atoms with Crippen LogP contribution in [-0.2, 0) is 0 Å². The highest BCUT2D eigenvalue weighted by molar-refractivity contribution is 5.10. The Hall–Kier alpha value is 0. The molecule has 82 valence electrons. The fourth-order valence-corrected chi connectivity index (χ4v) is 4.13. The summed E-state index contributed by atoms with van der Waals surface area (Å²) in [7, 11) is 0. The number of hydrogen-bond acceptors (Lipinski definition) is 0. The molecule has 3 aliphatic carbocycles. The molecule has 0 aromatic heterocycles. The molecular weight excluding hydrogens is 168 g/mol. The number of fused-ring (bicyclic) bond motifs is 2. The molecule has 0 N–H and O–H groups in total. The lowest BCUT2D eigenvalue weighted by molar-refractivity contribution is -0.188. The van der Waals surface area contributed by atoms with Gasteiger partial charge in [-0.15, -0.1) is 0 Å². The zero-order valence-electron chi connectivity index (χ0n) is 10.8. The molecule has 0 aliphatic heterocycles. The molecule has 0 heterocycles. The van der Waals surface area contributed by atoms with Crippen LogP contribution in [0, 0.1) is 28.1 Å². The van der Waals surface area contributed by atoms with Gasteiger partial charge < -0.3 is 0 Å². The minimum absolute atomic E-state index is 0.473. The van der Waals surface area contributed by atoms with E-state index in [2.05, 4.69) is 41.5 Å². The summed E-state index contributed by atoms with van der Waals surface area (Å²) in [5, 5.41) is 0. The quantitative estimate of drug-likeness (QED) is 0.533. The van der Waals surface area contributed by atoms with Gasteiger partial charge in [0.1, 0.15) is 0 Å². The molecule has 14 heavy (non-hydrogen) atoms. The van der Waals surface area contributed by atoms with Crippen molar-refractivity contribution in [3.63, 3.8) is 0 Å². The second-order valence-corrected chi connectivity index (χ2v) is 7.51. The summed E-state index contributed by atoms with van der Waals surface area (Å²) in [5.74, 6) is 2.00. The second-order valence-electron chi connectivity index (χ2n) is 7.51. The largest absolute Gasteiger partial charge is 0.0596 e. The molecule has 0 heteroatoms. The van der Waals surface area contributed by atoms with Gasteiger partial charge >= 0.3 is 0 Å². The fraction of sp³-hybridized carbons (Fsp3) is 1.00. The van der Waals surface area contributed by atoms with E-state index in [4.69, 9.17) is 0 Å². The molecule has 0 radical (unpaired) electrons. The SMILES string of the molecule is CC1(C)C2CCC(C)(C(C)(C)C)C1C2. The Morgan fingerprint density at radius 2 is 1.64 bits per heavy atom. The summed E-state index contributed by atoms with van der Waals surface area (Å²) in [4.78, 5) is 0. The van der Waals surface area contributed by atoms with Crippen LogP contribution in [0.2, 0.25) is 0 Å². The molecule has 0 aromatic rings. The summed E-state index contributed by atoms with van der Waals surface area (Å²) in [6, 6.07) is 0. The van der Waals surface area contributed by atoms with Gasteiger partial charge in [0.05, 0.1) is 0 Å². The van der Waals surface area contributed by atoms with Gasteiger partial charge in [-0.05, 0) is 47.3 Å². The van der Waals surface area contributed by atoms with Crippen LogP contribution in [0.15, 0.2) is 0 Å². The highest BCUT2D eigenvalue weighted by Crippen LogP contribution is 2.70. The highest BCUT2D eigenvalue weighted by Gasteiger charge is 2.61. The third-order valence-electron chi connectivity index (χ3n) is 5.97. The molecule has 3 unspecified atom stereocenters. The van der Waals surface area contributed by atoms with Gasteiger partial charge in [0.25, 0.3) is 0 Å². The van der Waals surface area contributed by atoms with E-state index in [1.165, 1.54) is 19.3 Å². The predicted octanol–water partition coefficient (Wildman–Crippen LogP) is 4.49. The molecule has 0 amide bonds. The van der Waals surface area contributed by atoms with Gasteiger partial charge in [0, 0.05) is 0 Å². The van der Waals surface area contributed by atoms with E-state index in [0.717, 1.165) is 11.8 Å². The summed E-state index contributed by atoms with van der Waals surface area (Å²) < 4.78 is 0. The molecular formula is C14H26. The Balaban J connectivity index is 2.30. The Kier molecular flexibility index (Phi) is 1.93. The first kappa shape index (κ1) is 10.5. The van der Waals surface area contributed by atoms with Crippen molar-refractivity contribution in [3.05, 3.63) is 0 Å². The summed E-state index contributed by atoms with van der Waals surface area (Å²) >= 11 is 0. The first-order valence-electron chi connectivity index (χ1n) is 6.19. The highest BCUT2D eigenvalue weighted by atomic mass is 14.7. The lowest BCUT2D eigenvalue weighted by atomic mass is 9.37. The minimum atomic E-state index is 0.473. The smallest absolute Gasteiger partial charge is 0.0244 e. The summed E-state index contributed by atoms with van der Waals surface area (Å²) in [6.07, 6.45) is 4.42. The van der Waals surface area contributed by atoms with E-state index in [0.29, 0.717) is 16.2 Å². The van der Waals surface area contributed by atoms with E-state index in [1.54, 1.807) is 0 Å². The van der Waals surface area contributed by atoms with Crippen LogP contribution in [0.25, 0.3) is 0 Å². The standard InChI is InChI=1S/C14H26/c1-12(2,3)14(6)8-7-10-9-11(14)13(10,4)5/h10-11H,7-9H2,1-6H3. The molecule has 3 rings (SSSR count). The molecule has 0 spiro atoms. The van der Waals surface area contributed by atoms with Crippen molar-refractivity contribution in [2.75, 3.05) is 0 Å². The molecule has 0 nitrogen and oxygen atoms in total. The van der Waals surface area contributed by atoms with E-state index < -0.39 is 0 Å². The van der Waals surface area contributed by atoms with Gasteiger partial charge in [-0.3, -0.25) is 0 Å². The topological polar surface area (TPSA) is 0 Å². The maximum atomic E-state index is 2.54. The van der Waals surface area contributed by atoms with Crippen molar-refractivity contribution >= 4 is 0 Å². The Morgan fingerprint density at radius 3 is 1.93 bits per heavy atom. The lowest BCUT2D eigenvalue weighted by Crippen LogP contribution is -2.60. The maximum absolute atomic E-state index is 2.54. The summed E-state index contributed by atoms with van der Waals surface area (Å²) in [5.41, 5.74) is 1.67. The van der Waals surface area contributed by atoms with Crippen molar-refractivity contribution in [1.29, 1.82) is 0 Å². The van der Waals surface area contributed by atoms with Crippen molar-refractivity contribution in [1.82, 2.24) is 0 Å². The zero-order chi connectivity index (χ0) is 10.8. The second kappa shape index (κ2) is 2.57. The zero-order valence-corrected chi connectivity index (χ0v) is 10.8. The van der Waals surface area contributed by atoms with Gasteiger partial charge in [-0.25, -0.2) is 0 Å². The minimum Gasteiger partial charge on any atom is -0.0596 e. The Labute approximate surface area is 89.5 Å². The fourth-order valence-electron chi connectivity index (χ4n) is 4.13. The molecule has 3 saturated carbocycles. The molecule has 3 aliphatic rings. The van der Waals surface area contributed by atoms with Crippen LogP contribution in [0.1, 0.15) is 60.8 Å². The van der Waals surface area contributed by atoms with E-state index in [-0.39, 0.29) is 0 Å². The molecule has 3 atom stereocenters. The van der Waals surface area contributed by atoms with Crippen LogP contribution >= 0.6 is 0 Å². The molecule has 3 fully saturated rings. The van der Waals surface area contributed by atoms with Crippen molar-refractivity contribution in [3.8, 4) is 0 Å². The predicted molar refractivity (Wildman–Crippen MR) is 62.2 cm³/mol. The normalized spacial score (nSPS) is 45.9. The third-order valence-corrected chi connectivity index (χ3v) is 5.97. The third kappa shape index (κ3) is 1.06. The van der Waals surface area contributed by atoms with Crippen LogP contribution in [-0.4, -0.2) is 0 Å². The van der Waals surface area contributed by atoms with Gasteiger partial charge in [-0.2, -0.15) is 0 Å². The van der Waals surface area contributed by atoms with Gasteiger partial charge in [0.15, 0.2) is 0 Å². The van der Waals surface area contributed by atoms with Crippen molar-refractivity contribution in [2.24, 2.45) is 28.1 Å². The monoisotopic (exact) mass is 194 g/mol.